The first-order chi connectivity index (χ1) is 24.3. The molecular formula is C39H40N4O6S. The van der Waals surface area contributed by atoms with Crippen LogP contribution in [0.3, 0.4) is 0 Å². The molecule has 0 unspecified atom stereocenters. The van der Waals surface area contributed by atoms with Crippen LogP contribution in [-0.2, 0) is 20.1 Å². The van der Waals surface area contributed by atoms with Gasteiger partial charge in [0.05, 0.1) is 23.5 Å². The molecule has 5 rings (SSSR count). The van der Waals surface area contributed by atoms with Gasteiger partial charge in [0, 0.05) is 23.7 Å². The number of carbonyl (C=O) groups excluding carboxylic acids is 5. The molecule has 4 aromatic carbocycles. The second-order valence-corrected chi connectivity index (χ2v) is 13.0. The molecule has 4 aromatic rings. The Hall–Kier alpha value is -5.42. The van der Waals surface area contributed by atoms with Crippen LogP contribution in [0, 0.1) is 0 Å². The molecule has 0 aromatic heterocycles. The highest BCUT2D eigenvalue weighted by Gasteiger charge is 2.47. The number of imide groups is 1. The predicted octanol–water partition coefficient (Wildman–Crippen LogP) is 6.31. The molecule has 1 aliphatic rings. The number of ether oxygens (including phenoxy) is 1. The highest BCUT2D eigenvalue weighted by Crippen LogP contribution is 2.28. The molecule has 3 N–H and O–H groups in total. The number of amides is 5. The summed E-state index contributed by atoms with van der Waals surface area (Å²) in [5, 5.41) is 7.81. The first kappa shape index (κ1) is 35.9. The summed E-state index contributed by atoms with van der Waals surface area (Å²) in [6, 6.07) is 31.8. The Labute approximate surface area is 296 Å². The minimum Gasteiger partial charge on any atom is -0.497 e. The molecule has 0 saturated carbocycles. The van der Waals surface area contributed by atoms with Crippen LogP contribution in [-0.4, -0.2) is 58.9 Å². The number of unbranched alkanes of at least 4 members (excludes halogenated alkanes) is 1. The normalized spacial score (nSPS) is 13.0. The van der Waals surface area contributed by atoms with Crippen LogP contribution in [0.15, 0.2) is 109 Å². The van der Waals surface area contributed by atoms with E-state index in [-0.39, 0.29) is 24.8 Å². The lowest BCUT2D eigenvalue weighted by Gasteiger charge is -2.32. The number of para-hydroxylation sites is 2. The molecule has 258 valence electrons. The van der Waals surface area contributed by atoms with Gasteiger partial charge in [0.1, 0.15) is 5.75 Å². The third-order valence-electron chi connectivity index (χ3n) is 8.58. The molecular weight excluding hydrogens is 653 g/mol. The Balaban J connectivity index is 1.34. The topological polar surface area (TPSA) is 134 Å². The van der Waals surface area contributed by atoms with Crippen molar-refractivity contribution in [3.05, 3.63) is 126 Å². The molecule has 10 nitrogen and oxygen atoms in total. The number of hydrogen-bond acceptors (Lipinski definition) is 7. The summed E-state index contributed by atoms with van der Waals surface area (Å²) in [4.78, 5) is 69.2. The number of carbonyl (C=O) groups is 5. The van der Waals surface area contributed by atoms with Crippen molar-refractivity contribution in [3.8, 4) is 5.75 Å². The van der Waals surface area contributed by atoms with Gasteiger partial charge in [-0.2, -0.15) is 0 Å². The molecule has 1 atom stereocenters. The summed E-state index contributed by atoms with van der Waals surface area (Å²) in [6.45, 7) is 1.89. The van der Waals surface area contributed by atoms with Crippen molar-refractivity contribution in [2.45, 2.75) is 49.1 Å². The van der Waals surface area contributed by atoms with E-state index in [0.29, 0.717) is 53.3 Å². The van der Waals surface area contributed by atoms with E-state index in [2.05, 4.69) is 16.0 Å². The van der Waals surface area contributed by atoms with Gasteiger partial charge in [-0.25, -0.2) is 0 Å². The largest absolute Gasteiger partial charge is 0.497 e. The molecule has 0 fully saturated rings. The fraction of sp³-hybridized carbons (Fsp3) is 0.256. The minimum atomic E-state index is -1.94. The van der Waals surface area contributed by atoms with Crippen LogP contribution < -0.4 is 20.7 Å². The number of benzene rings is 4. The summed E-state index contributed by atoms with van der Waals surface area (Å²) in [6.07, 6.45) is 1.33. The van der Waals surface area contributed by atoms with Crippen LogP contribution in [0.25, 0.3) is 0 Å². The highest BCUT2D eigenvalue weighted by atomic mass is 32.2. The van der Waals surface area contributed by atoms with Crippen molar-refractivity contribution in [2.75, 3.05) is 24.3 Å². The van der Waals surface area contributed by atoms with Gasteiger partial charge < -0.3 is 20.7 Å². The molecule has 0 aliphatic carbocycles. The zero-order chi connectivity index (χ0) is 35.5. The van der Waals surface area contributed by atoms with E-state index >= 15 is 0 Å². The molecule has 50 heavy (non-hydrogen) atoms. The summed E-state index contributed by atoms with van der Waals surface area (Å²) in [5.74, 6) is -1.27. The zero-order valence-electron chi connectivity index (χ0n) is 28.0. The van der Waals surface area contributed by atoms with Gasteiger partial charge in [-0.05, 0) is 73.4 Å². The molecule has 5 amide bonds. The van der Waals surface area contributed by atoms with E-state index in [4.69, 9.17) is 4.74 Å². The molecule has 11 heteroatoms. The second-order valence-electron chi connectivity index (χ2n) is 11.8. The van der Waals surface area contributed by atoms with Gasteiger partial charge in [0.15, 0.2) is 5.54 Å². The van der Waals surface area contributed by atoms with Gasteiger partial charge >= 0.3 is 0 Å². The number of nitrogens with one attached hydrogen (secondary N) is 3. The van der Waals surface area contributed by atoms with Crippen LogP contribution in [0.2, 0.25) is 0 Å². The first-order valence-electron chi connectivity index (χ1n) is 16.5. The van der Waals surface area contributed by atoms with E-state index < -0.39 is 28.5 Å². The van der Waals surface area contributed by atoms with E-state index in [1.807, 2.05) is 36.4 Å². The van der Waals surface area contributed by atoms with Gasteiger partial charge in [0.2, 0.25) is 5.91 Å². The number of methoxy groups -OCH3 is 1. The van der Waals surface area contributed by atoms with Crippen LogP contribution >= 0.6 is 11.8 Å². The number of nitrogens with zero attached hydrogens (tertiary/aromatic N) is 1. The summed E-state index contributed by atoms with van der Waals surface area (Å²) < 4.78 is 5.27. The molecule has 0 bridgehead atoms. The van der Waals surface area contributed by atoms with Crippen LogP contribution in [0.5, 0.6) is 5.75 Å². The van der Waals surface area contributed by atoms with E-state index in [1.165, 1.54) is 16.7 Å². The van der Waals surface area contributed by atoms with E-state index in [9.17, 15) is 24.0 Å². The number of rotatable bonds is 16. The fourth-order valence-corrected chi connectivity index (χ4v) is 6.82. The molecule has 1 aliphatic heterocycles. The summed E-state index contributed by atoms with van der Waals surface area (Å²) in [5.41, 5.74) is 0.768. The Morgan fingerprint density at radius 2 is 1.26 bits per heavy atom. The van der Waals surface area contributed by atoms with Crippen molar-refractivity contribution in [1.29, 1.82) is 0 Å². The maximum absolute atomic E-state index is 14.2. The number of hydrogen-bond donors (Lipinski definition) is 3. The molecule has 0 radical (unpaired) electrons. The zero-order valence-corrected chi connectivity index (χ0v) is 28.8. The average Bonchev–Trinajstić information content (AvgIpc) is 3.39. The van der Waals surface area contributed by atoms with Crippen LogP contribution in [0.4, 0.5) is 11.4 Å². The van der Waals surface area contributed by atoms with Gasteiger partial charge in [-0.3, -0.25) is 28.9 Å². The third-order valence-corrected chi connectivity index (χ3v) is 9.94. The maximum atomic E-state index is 14.2. The Morgan fingerprint density at radius 1 is 0.740 bits per heavy atom. The van der Waals surface area contributed by atoms with Crippen LogP contribution in [0.1, 0.15) is 58.9 Å². The molecule has 0 spiro atoms. The van der Waals surface area contributed by atoms with Crippen molar-refractivity contribution in [2.24, 2.45) is 0 Å². The number of thioether (sulfide) groups is 1. The van der Waals surface area contributed by atoms with Gasteiger partial charge in [-0.15, -0.1) is 11.8 Å². The number of fused-ring (bicyclic) bond motifs is 1. The Kier molecular flexibility index (Phi) is 12.1. The quantitative estimate of drug-likeness (QED) is 0.0713. The lowest BCUT2D eigenvalue weighted by molar-refractivity contribution is -0.138. The lowest BCUT2D eigenvalue weighted by Crippen LogP contribution is -2.64. The maximum Gasteiger partial charge on any atom is 0.261 e. The monoisotopic (exact) mass is 692 g/mol. The standard InChI is InChI=1S/C39H40N4O6S/c1-3-39(37(47)40-28-14-6-4-7-15-28,38(48)41-29-16-8-5-9-17-29)42-34(44)33(50-26-27-21-23-30(49-2)24-22-27)20-12-13-25-43-35(45)31-18-10-11-19-32(31)36(43)46/h4-11,14-19,21-24,33H,3,12-13,20,25-26H2,1-2H3,(H,40,47)(H,41,48)(H,42,44)/t33-/m0/s1. The van der Waals surface area contributed by atoms with E-state index in [1.54, 1.807) is 86.8 Å². The summed E-state index contributed by atoms with van der Waals surface area (Å²) >= 11 is 1.39. The smallest absolute Gasteiger partial charge is 0.261 e. The predicted molar refractivity (Wildman–Crippen MR) is 195 cm³/mol. The first-order valence-corrected chi connectivity index (χ1v) is 17.6. The van der Waals surface area contributed by atoms with Crippen molar-refractivity contribution in [1.82, 2.24) is 10.2 Å². The molecule has 0 saturated heterocycles. The van der Waals surface area contributed by atoms with Crippen molar-refractivity contribution < 1.29 is 28.7 Å². The van der Waals surface area contributed by atoms with Gasteiger partial charge in [-0.1, -0.05) is 74.0 Å². The SMILES string of the molecule is CCC(NC(=O)[C@H](CCCCN1C(=O)c2ccccc2C1=O)SCc1ccc(OC)cc1)(C(=O)Nc1ccccc1)C(=O)Nc1ccccc1. The van der Waals surface area contributed by atoms with Crippen molar-refractivity contribution in [3.63, 3.8) is 0 Å². The third kappa shape index (κ3) is 8.41. The Morgan fingerprint density at radius 3 is 1.76 bits per heavy atom. The Bertz CT molecular complexity index is 1730. The molecule has 1 heterocycles. The van der Waals surface area contributed by atoms with E-state index in [0.717, 1.165) is 5.56 Å². The van der Waals surface area contributed by atoms with Gasteiger partial charge in [0.25, 0.3) is 23.6 Å². The van der Waals surface area contributed by atoms with Crippen molar-refractivity contribution >= 4 is 52.7 Å². The lowest BCUT2D eigenvalue weighted by atomic mass is 9.92. The number of anilines is 2. The summed E-state index contributed by atoms with van der Waals surface area (Å²) in [7, 11) is 1.59. The minimum absolute atomic E-state index is 0.0221. The highest BCUT2D eigenvalue weighted by molar-refractivity contribution is 7.99. The average molecular weight is 693 g/mol. The second kappa shape index (κ2) is 16.8. The fourth-order valence-electron chi connectivity index (χ4n) is 5.69.